The molecule has 1 saturated carbocycles. The average Bonchev–Trinajstić information content (AvgIpc) is 2.90. The second kappa shape index (κ2) is 5.83. The van der Waals surface area contributed by atoms with Crippen LogP contribution < -0.4 is 4.74 Å². The molecule has 0 spiro atoms. The van der Waals surface area contributed by atoms with Crippen molar-refractivity contribution >= 4 is 5.91 Å². The summed E-state index contributed by atoms with van der Waals surface area (Å²) in [7, 11) is 4.14. The smallest absolute Gasteiger partial charge is 0.387 e. The van der Waals surface area contributed by atoms with Crippen molar-refractivity contribution in [3.63, 3.8) is 0 Å². The minimum atomic E-state index is -2.85. The number of halogens is 2. The molecule has 3 atom stereocenters. The Labute approximate surface area is 128 Å². The highest BCUT2D eigenvalue weighted by Gasteiger charge is 2.56. The van der Waals surface area contributed by atoms with Gasteiger partial charge in [-0.3, -0.25) is 4.79 Å². The van der Waals surface area contributed by atoms with Crippen molar-refractivity contribution in [3.05, 3.63) is 29.8 Å². The number of fused-ring (bicyclic) bond motifs is 1. The fourth-order valence-electron chi connectivity index (χ4n) is 3.47. The molecule has 1 aromatic rings. The van der Waals surface area contributed by atoms with Crippen LogP contribution in [0.4, 0.5) is 8.78 Å². The lowest BCUT2D eigenvalue weighted by Gasteiger charge is -2.21. The number of rotatable bonds is 5. The van der Waals surface area contributed by atoms with E-state index >= 15 is 0 Å². The van der Waals surface area contributed by atoms with Crippen molar-refractivity contribution < 1.29 is 18.3 Å². The number of benzene rings is 1. The third-order valence-corrected chi connectivity index (χ3v) is 4.56. The maximum Gasteiger partial charge on any atom is 0.387 e. The maximum absolute atomic E-state index is 12.4. The van der Waals surface area contributed by atoms with Gasteiger partial charge in [-0.25, -0.2) is 0 Å². The lowest BCUT2D eigenvalue weighted by Crippen LogP contribution is -2.33. The lowest BCUT2D eigenvalue weighted by atomic mass is 10.1. The number of likely N-dealkylation sites (tertiary alicyclic amines) is 1. The van der Waals surface area contributed by atoms with E-state index in [1.807, 2.05) is 4.90 Å². The van der Waals surface area contributed by atoms with Gasteiger partial charge in [0.05, 0.1) is 0 Å². The summed E-state index contributed by atoms with van der Waals surface area (Å²) in [5, 5.41) is 0. The summed E-state index contributed by atoms with van der Waals surface area (Å²) in [5.74, 6) is 1.99. The molecule has 22 heavy (non-hydrogen) atoms. The van der Waals surface area contributed by atoms with Crippen molar-refractivity contribution in [1.82, 2.24) is 9.80 Å². The van der Waals surface area contributed by atoms with Crippen LogP contribution in [0.15, 0.2) is 24.3 Å². The van der Waals surface area contributed by atoms with Gasteiger partial charge >= 0.3 is 6.61 Å². The highest BCUT2D eigenvalue weighted by atomic mass is 19.3. The average molecular weight is 310 g/mol. The highest BCUT2D eigenvalue weighted by molar-refractivity contribution is 5.94. The van der Waals surface area contributed by atoms with E-state index in [2.05, 4.69) is 23.7 Å². The van der Waals surface area contributed by atoms with Gasteiger partial charge in [0, 0.05) is 25.2 Å². The van der Waals surface area contributed by atoms with Gasteiger partial charge < -0.3 is 14.5 Å². The van der Waals surface area contributed by atoms with Gasteiger partial charge in [0.1, 0.15) is 5.75 Å². The van der Waals surface area contributed by atoms with Gasteiger partial charge in [-0.15, -0.1) is 0 Å². The SMILES string of the molecule is CN(C)CC1[C@H]2CN(C(=O)c3ccc(OC(F)F)cc3)C[C@@H]12. The zero-order valence-corrected chi connectivity index (χ0v) is 12.7. The van der Waals surface area contributed by atoms with Crippen LogP contribution in [0.3, 0.4) is 0 Å². The van der Waals surface area contributed by atoms with E-state index < -0.39 is 6.61 Å². The summed E-state index contributed by atoms with van der Waals surface area (Å²) in [6.07, 6.45) is 0. The predicted molar refractivity (Wildman–Crippen MR) is 78.0 cm³/mol. The molecule has 2 fully saturated rings. The minimum Gasteiger partial charge on any atom is -0.435 e. The van der Waals surface area contributed by atoms with Crippen molar-refractivity contribution in [2.75, 3.05) is 33.7 Å². The quantitative estimate of drug-likeness (QED) is 0.835. The minimum absolute atomic E-state index is 0.0283. The van der Waals surface area contributed by atoms with Crippen LogP contribution in [-0.4, -0.2) is 56.0 Å². The topological polar surface area (TPSA) is 32.8 Å². The van der Waals surface area contributed by atoms with Gasteiger partial charge in [-0.2, -0.15) is 8.78 Å². The van der Waals surface area contributed by atoms with E-state index in [1.165, 1.54) is 12.1 Å². The monoisotopic (exact) mass is 310 g/mol. The van der Waals surface area contributed by atoms with Crippen molar-refractivity contribution in [2.45, 2.75) is 6.61 Å². The number of amides is 1. The molecule has 2 aliphatic rings. The molecule has 120 valence electrons. The molecular weight excluding hydrogens is 290 g/mol. The van der Waals surface area contributed by atoms with Crippen molar-refractivity contribution in [2.24, 2.45) is 17.8 Å². The number of hydrogen-bond acceptors (Lipinski definition) is 3. The molecule has 4 nitrogen and oxygen atoms in total. The molecule has 1 amide bonds. The Kier molecular flexibility index (Phi) is 4.04. The summed E-state index contributed by atoms with van der Waals surface area (Å²) in [4.78, 5) is 16.5. The van der Waals surface area contributed by atoms with Gasteiger partial charge in [0.2, 0.25) is 0 Å². The number of piperidine rings is 1. The highest BCUT2D eigenvalue weighted by Crippen LogP contribution is 2.52. The molecular formula is C16H20F2N2O2. The van der Waals surface area contributed by atoms with E-state index in [9.17, 15) is 13.6 Å². The number of hydrogen-bond donors (Lipinski definition) is 0. The molecule has 0 bridgehead atoms. The first kappa shape index (κ1) is 15.2. The number of alkyl halides is 2. The predicted octanol–water partition coefficient (Wildman–Crippen LogP) is 2.17. The Balaban J connectivity index is 1.55. The zero-order valence-electron chi connectivity index (χ0n) is 12.7. The molecule has 1 aliphatic carbocycles. The maximum atomic E-state index is 12.4. The molecule has 1 aromatic carbocycles. The molecule has 1 heterocycles. The Morgan fingerprint density at radius 1 is 1.27 bits per heavy atom. The van der Waals surface area contributed by atoms with Crippen LogP contribution >= 0.6 is 0 Å². The first-order valence-electron chi connectivity index (χ1n) is 7.44. The van der Waals surface area contributed by atoms with E-state index in [1.54, 1.807) is 12.1 Å². The van der Waals surface area contributed by atoms with E-state index in [-0.39, 0.29) is 11.7 Å². The summed E-state index contributed by atoms with van der Waals surface area (Å²) in [6.45, 7) is -0.160. The molecule has 3 rings (SSSR count). The van der Waals surface area contributed by atoms with Crippen molar-refractivity contribution in [1.29, 1.82) is 0 Å². The Morgan fingerprint density at radius 2 is 1.86 bits per heavy atom. The fraction of sp³-hybridized carbons (Fsp3) is 0.562. The first-order chi connectivity index (χ1) is 10.5. The summed E-state index contributed by atoms with van der Waals surface area (Å²) < 4.78 is 28.5. The molecule has 0 N–H and O–H groups in total. The molecule has 6 heteroatoms. The van der Waals surface area contributed by atoms with Crippen LogP contribution in [-0.2, 0) is 0 Å². The second-order valence-electron chi connectivity index (χ2n) is 6.37. The molecule has 1 unspecified atom stereocenters. The summed E-state index contributed by atoms with van der Waals surface area (Å²) in [5.41, 5.74) is 0.520. The lowest BCUT2D eigenvalue weighted by molar-refractivity contribution is -0.0498. The third kappa shape index (κ3) is 3.06. The Morgan fingerprint density at radius 3 is 2.36 bits per heavy atom. The number of carbonyl (C=O) groups excluding carboxylic acids is 1. The second-order valence-corrected chi connectivity index (χ2v) is 6.37. The van der Waals surface area contributed by atoms with Crippen LogP contribution in [0.25, 0.3) is 0 Å². The van der Waals surface area contributed by atoms with E-state index in [4.69, 9.17) is 0 Å². The molecule has 0 radical (unpaired) electrons. The zero-order chi connectivity index (χ0) is 15.9. The summed E-state index contributed by atoms with van der Waals surface area (Å²) >= 11 is 0. The first-order valence-corrected chi connectivity index (χ1v) is 7.44. The number of ether oxygens (including phenoxy) is 1. The van der Waals surface area contributed by atoms with Gasteiger partial charge in [-0.1, -0.05) is 0 Å². The van der Waals surface area contributed by atoms with E-state index in [0.717, 1.165) is 19.6 Å². The largest absolute Gasteiger partial charge is 0.435 e. The third-order valence-electron chi connectivity index (χ3n) is 4.56. The van der Waals surface area contributed by atoms with Crippen LogP contribution in [0.5, 0.6) is 5.75 Å². The van der Waals surface area contributed by atoms with Crippen molar-refractivity contribution in [3.8, 4) is 5.75 Å². The standard InChI is InChI=1S/C16H20F2N2O2/c1-19(2)7-12-13-8-20(9-14(12)13)15(21)10-3-5-11(6-4-10)22-16(17)18/h3-6,12-14,16H,7-9H2,1-2H3/t12?,13-,14+. The fourth-order valence-corrected chi connectivity index (χ4v) is 3.47. The van der Waals surface area contributed by atoms with Gasteiger partial charge in [-0.05, 0) is 56.1 Å². The van der Waals surface area contributed by atoms with Crippen LogP contribution in [0.2, 0.25) is 0 Å². The van der Waals surface area contributed by atoms with Gasteiger partial charge in [0.15, 0.2) is 0 Å². The number of nitrogens with zero attached hydrogens (tertiary/aromatic N) is 2. The number of carbonyl (C=O) groups is 1. The van der Waals surface area contributed by atoms with E-state index in [0.29, 0.717) is 23.3 Å². The summed E-state index contributed by atoms with van der Waals surface area (Å²) in [6, 6.07) is 5.90. The van der Waals surface area contributed by atoms with Crippen LogP contribution in [0.1, 0.15) is 10.4 Å². The Bertz CT molecular complexity index is 536. The van der Waals surface area contributed by atoms with Gasteiger partial charge in [0.25, 0.3) is 5.91 Å². The Hall–Kier alpha value is -1.69. The van der Waals surface area contributed by atoms with Crippen LogP contribution in [0, 0.1) is 17.8 Å². The normalized spacial score (nSPS) is 26.5. The molecule has 0 aromatic heterocycles. The molecule has 1 saturated heterocycles. The molecule has 1 aliphatic heterocycles.